The molecule has 0 spiro atoms. The average molecular weight is 278 g/mol. The molecule has 5 nitrogen and oxygen atoms in total. The van der Waals surface area contributed by atoms with Gasteiger partial charge in [-0.05, 0) is 12.1 Å². The van der Waals surface area contributed by atoms with Crippen LogP contribution in [0.2, 0.25) is 0 Å². The predicted octanol–water partition coefficient (Wildman–Crippen LogP) is 1.76. The molecule has 0 aliphatic carbocycles. The first-order valence-electron chi connectivity index (χ1n) is 6.94. The lowest BCUT2D eigenvalue weighted by atomic mass is 10.2. The molecule has 0 N–H and O–H groups in total. The number of nitrogens with zero attached hydrogens (tertiary/aromatic N) is 2. The van der Waals surface area contributed by atoms with E-state index in [9.17, 15) is 4.79 Å². The van der Waals surface area contributed by atoms with Crippen LogP contribution in [-0.4, -0.2) is 51.2 Å². The van der Waals surface area contributed by atoms with E-state index in [1.54, 1.807) is 14.2 Å². The van der Waals surface area contributed by atoms with Crippen LogP contribution in [0.3, 0.4) is 0 Å². The molecule has 1 aromatic carbocycles. The van der Waals surface area contributed by atoms with Gasteiger partial charge in [-0.2, -0.15) is 0 Å². The standard InChI is InChI=1S/C15H22N2O3/c1-4-15(18)17-9-7-16(8-10-17)12-5-6-13(19-2)14(11-12)20-3/h5-6,11H,4,7-10H2,1-3H3. The maximum absolute atomic E-state index is 11.7. The summed E-state index contributed by atoms with van der Waals surface area (Å²) in [4.78, 5) is 15.9. The minimum atomic E-state index is 0.233. The van der Waals surface area contributed by atoms with Crippen LogP contribution in [0.15, 0.2) is 18.2 Å². The normalized spacial score (nSPS) is 15.2. The number of benzene rings is 1. The van der Waals surface area contributed by atoms with E-state index in [0.29, 0.717) is 6.42 Å². The highest BCUT2D eigenvalue weighted by Gasteiger charge is 2.20. The summed E-state index contributed by atoms with van der Waals surface area (Å²) in [6, 6.07) is 5.92. The van der Waals surface area contributed by atoms with Crippen molar-refractivity contribution in [3.05, 3.63) is 18.2 Å². The molecule has 1 heterocycles. The van der Waals surface area contributed by atoms with Gasteiger partial charge in [0.15, 0.2) is 11.5 Å². The smallest absolute Gasteiger partial charge is 0.222 e. The second-order valence-electron chi connectivity index (χ2n) is 4.76. The van der Waals surface area contributed by atoms with Crippen molar-refractivity contribution in [1.29, 1.82) is 0 Å². The highest BCUT2D eigenvalue weighted by Crippen LogP contribution is 2.31. The molecule has 0 unspecified atom stereocenters. The molecule has 0 aromatic heterocycles. The zero-order chi connectivity index (χ0) is 14.5. The van der Waals surface area contributed by atoms with Crippen molar-refractivity contribution in [2.24, 2.45) is 0 Å². The molecule has 0 radical (unpaired) electrons. The quantitative estimate of drug-likeness (QED) is 0.841. The molecule has 1 aliphatic rings. The lowest BCUT2D eigenvalue weighted by Crippen LogP contribution is -2.48. The zero-order valence-corrected chi connectivity index (χ0v) is 12.4. The number of hydrogen-bond acceptors (Lipinski definition) is 4. The molecule has 1 fully saturated rings. The predicted molar refractivity (Wildman–Crippen MR) is 78.6 cm³/mol. The van der Waals surface area contributed by atoms with Crippen LogP contribution in [0.4, 0.5) is 5.69 Å². The van der Waals surface area contributed by atoms with E-state index in [4.69, 9.17) is 9.47 Å². The summed E-state index contributed by atoms with van der Waals surface area (Å²) in [5, 5.41) is 0. The van der Waals surface area contributed by atoms with Crippen LogP contribution in [-0.2, 0) is 4.79 Å². The number of piperazine rings is 1. The molecule has 2 rings (SSSR count). The summed E-state index contributed by atoms with van der Waals surface area (Å²) in [6.45, 7) is 5.16. The molecule has 1 amide bonds. The lowest BCUT2D eigenvalue weighted by Gasteiger charge is -2.36. The number of hydrogen-bond donors (Lipinski definition) is 0. The van der Waals surface area contributed by atoms with E-state index in [1.807, 2.05) is 30.0 Å². The topological polar surface area (TPSA) is 42.0 Å². The van der Waals surface area contributed by atoms with Gasteiger partial charge in [0, 0.05) is 44.4 Å². The Bertz CT molecular complexity index is 468. The maximum atomic E-state index is 11.7. The number of carbonyl (C=O) groups is 1. The van der Waals surface area contributed by atoms with Gasteiger partial charge < -0.3 is 19.3 Å². The van der Waals surface area contributed by atoms with Crippen LogP contribution in [0, 0.1) is 0 Å². The Morgan fingerprint density at radius 1 is 1.10 bits per heavy atom. The summed E-state index contributed by atoms with van der Waals surface area (Å²) in [7, 11) is 3.27. The Kier molecular flexibility index (Phi) is 4.71. The van der Waals surface area contributed by atoms with Gasteiger partial charge in [-0.25, -0.2) is 0 Å². The van der Waals surface area contributed by atoms with Gasteiger partial charge in [0.25, 0.3) is 0 Å². The second-order valence-corrected chi connectivity index (χ2v) is 4.76. The molecular formula is C15H22N2O3. The lowest BCUT2D eigenvalue weighted by molar-refractivity contribution is -0.131. The first-order valence-corrected chi connectivity index (χ1v) is 6.94. The van der Waals surface area contributed by atoms with E-state index in [1.165, 1.54) is 0 Å². The molecule has 1 aliphatic heterocycles. The minimum absolute atomic E-state index is 0.233. The van der Waals surface area contributed by atoms with Crippen molar-refractivity contribution >= 4 is 11.6 Å². The Morgan fingerprint density at radius 3 is 2.30 bits per heavy atom. The molecule has 0 saturated carbocycles. The van der Waals surface area contributed by atoms with Crippen LogP contribution in [0.25, 0.3) is 0 Å². The molecule has 1 aromatic rings. The van der Waals surface area contributed by atoms with Crippen molar-refractivity contribution in [2.75, 3.05) is 45.3 Å². The molecule has 1 saturated heterocycles. The monoisotopic (exact) mass is 278 g/mol. The third-order valence-corrected chi connectivity index (χ3v) is 3.67. The SMILES string of the molecule is CCC(=O)N1CCN(c2ccc(OC)c(OC)c2)CC1. The van der Waals surface area contributed by atoms with Gasteiger partial charge in [0.1, 0.15) is 0 Å². The molecule has 0 atom stereocenters. The number of rotatable bonds is 4. The third-order valence-electron chi connectivity index (χ3n) is 3.67. The largest absolute Gasteiger partial charge is 0.493 e. The fourth-order valence-electron chi connectivity index (χ4n) is 2.46. The Balaban J connectivity index is 2.05. The van der Waals surface area contributed by atoms with Crippen molar-refractivity contribution in [3.63, 3.8) is 0 Å². The molecule has 110 valence electrons. The summed E-state index contributed by atoms with van der Waals surface area (Å²) in [6.07, 6.45) is 0.580. The summed E-state index contributed by atoms with van der Waals surface area (Å²) in [5.74, 6) is 1.70. The van der Waals surface area contributed by atoms with Gasteiger partial charge in [0.2, 0.25) is 5.91 Å². The molecular weight excluding hydrogens is 256 g/mol. The summed E-state index contributed by atoms with van der Waals surface area (Å²) >= 11 is 0. The minimum Gasteiger partial charge on any atom is -0.493 e. The summed E-state index contributed by atoms with van der Waals surface area (Å²) in [5.41, 5.74) is 1.10. The number of anilines is 1. The van der Waals surface area contributed by atoms with Crippen molar-refractivity contribution < 1.29 is 14.3 Å². The van der Waals surface area contributed by atoms with Gasteiger partial charge in [-0.1, -0.05) is 6.92 Å². The van der Waals surface area contributed by atoms with Crippen molar-refractivity contribution in [3.8, 4) is 11.5 Å². The van der Waals surface area contributed by atoms with E-state index >= 15 is 0 Å². The highest BCUT2D eigenvalue weighted by atomic mass is 16.5. The zero-order valence-electron chi connectivity index (χ0n) is 12.4. The fraction of sp³-hybridized carbons (Fsp3) is 0.533. The van der Waals surface area contributed by atoms with Gasteiger partial charge in [-0.3, -0.25) is 4.79 Å². The van der Waals surface area contributed by atoms with E-state index in [0.717, 1.165) is 43.4 Å². The van der Waals surface area contributed by atoms with E-state index in [2.05, 4.69) is 4.90 Å². The number of carbonyl (C=O) groups excluding carboxylic acids is 1. The molecule has 0 bridgehead atoms. The molecule has 5 heteroatoms. The van der Waals surface area contributed by atoms with Gasteiger partial charge in [-0.15, -0.1) is 0 Å². The van der Waals surface area contributed by atoms with Crippen LogP contribution >= 0.6 is 0 Å². The second kappa shape index (κ2) is 6.50. The van der Waals surface area contributed by atoms with Crippen molar-refractivity contribution in [1.82, 2.24) is 4.90 Å². The number of amides is 1. The first kappa shape index (κ1) is 14.5. The van der Waals surface area contributed by atoms with Crippen LogP contribution in [0.1, 0.15) is 13.3 Å². The summed E-state index contributed by atoms with van der Waals surface area (Å²) < 4.78 is 10.6. The van der Waals surface area contributed by atoms with Gasteiger partial charge >= 0.3 is 0 Å². The highest BCUT2D eigenvalue weighted by molar-refractivity contribution is 5.76. The maximum Gasteiger partial charge on any atom is 0.222 e. The Morgan fingerprint density at radius 2 is 1.75 bits per heavy atom. The van der Waals surface area contributed by atoms with Gasteiger partial charge in [0.05, 0.1) is 14.2 Å². The average Bonchev–Trinajstić information content (AvgIpc) is 2.53. The van der Waals surface area contributed by atoms with Crippen molar-refractivity contribution in [2.45, 2.75) is 13.3 Å². The first-order chi connectivity index (χ1) is 9.69. The fourth-order valence-corrected chi connectivity index (χ4v) is 2.46. The molecule has 20 heavy (non-hydrogen) atoms. The van der Waals surface area contributed by atoms with E-state index in [-0.39, 0.29) is 5.91 Å². The number of ether oxygens (including phenoxy) is 2. The Labute approximate surface area is 120 Å². The van der Waals surface area contributed by atoms with Crippen LogP contribution < -0.4 is 14.4 Å². The Hall–Kier alpha value is -1.91. The third kappa shape index (κ3) is 2.98. The van der Waals surface area contributed by atoms with Crippen LogP contribution in [0.5, 0.6) is 11.5 Å². The van der Waals surface area contributed by atoms with E-state index < -0.39 is 0 Å². The number of methoxy groups -OCH3 is 2.